The largest absolute Gasteiger partial charge is 0.493 e. The topological polar surface area (TPSA) is 32.8 Å². The van der Waals surface area contributed by atoms with Gasteiger partial charge in [0, 0.05) is 49.6 Å². The molecule has 5 heteroatoms. The number of para-hydroxylation sites is 1. The van der Waals surface area contributed by atoms with Gasteiger partial charge >= 0.3 is 0 Å². The normalized spacial score (nSPS) is 25.8. The van der Waals surface area contributed by atoms with Crippen molar-refractivity contribution in [1.82, 2.24) is 9.80 Å². The molecule has 4 nitrogen and oxygen atoms in total. The van der Waals surface area contributed by atoms with Gasteiger partial charge in [-0.3, -0.25) is 9.69 Å². The Morgan fingerprint density at radius 1 is 1.04 bits per heavy atom. The Bertz CT molecular complexity index is 595. The second-order valence-corrected chi connectivity index (χ2v) is 8.58. The number of hydrogen-bond acceptors (Lipinski definition) is 4. The molecule has 3 aliphatic rings. The second kappa shape index (κ2) is 8.00. The van der Waals surface area contributed by atoms with E-state index in [1.807, 2.05) is 18.2 Å². The number of amides is 1. The third kappa shape index (κ3) is 3.98. The minimum absolute atomic E-state index is 0.0755. The molecule has 136 valence electrons. The number of hydrogen-bond donors (Lipinski definition) is 0. The van der Waals surface area contributed by atoms with Gasteiger partial charge in [0.25, 0.3) is 0 Å². The van der Waals surface area contributed by atoms with Crippen molar-refractivity contribution >= 4 is 17.7 Å². The van der Waals surface area contributed by atoms with Crippen LogP contribution in [0.15, 0.2) is 24.3 Å². The Morgan fingerprint density at radius 2 is 1.80 bits per heavy atom. The summed E-state index contributed by atoms with van der Waals surface area (Å²) in [5.74, 6) is 3.90. The highest BCUT2D eigenvalue weighted by Gasteiger charge is 2.32. The summed E-state index contributed by atoms with van der Waals surface area (Å²) in [7, 11) is 0. The first-order valence-corrected chi connectivity index (χ1v) is 10.8. The lowest BCUT2D eigenvalue weighted by atomic mass is 9.94. The van der Waals surface area contributed by atoms with Crippen LogP contribution in [0, 0.1) is 5.92 Å². The van der Waals surface area contributed by atoms with E-state index in [9.17, 15) is 4.79 Å². The van der Waals surface area contributed by atoms with Gasteiger partial charge in [0.05, 0.1) is 6.61 Å². The number of nitrogens with zero attached hydrogens (tertiary/aromatic N) is 2. The van der Waals surface area contributed by atoms with Crippen LogP contribution in [0.5, 0.6) is 5.75 Å². The van der Waals surface area contributed by atoms with Crippen LogP contribution in [0.25, 0.3) is 0 Å². The molecule has 0 aliphatic carbocycles. The maximum Gasteiger partial charge on any atom is 0.226 e. The van der Waals surface area contributed by atoms with E-state index in [4.69, 9.17) is 4.74 Å². The first kappa shape index (κ1) is 17.2. The number of likely N-dealkylation sites (tertiary alicyclic amines) is 1. The highest BCUT2D eigenvalue weighted by atomic mass is 32.2. The van der Waals surface area contributed by atoms with Crippen LogP contribution < -0.4 is 4.74 Å². The zero-order valence-corrected chi connectivity index (χ0v) is 15.7. The van der Waals surface area contributed by atoms with Crippen LogP contribution in [-0.4, -0.2) is 66.0 Å². The van der Waals surface area contributed by atoms with Crippen molar-refractivity contribution in [2.24, 2.45) is 5.92 Å². The van der Waals surface area contributed by atoms with Crippen LogP contribution >= 0.6 is 11.8 Å². The Kier molecular flexibility index (Phi) is 5.51. The van der Waals surface area contributed by atoms with Crippen molar-refractivity contribution in [2.45, 2.75) is 31.7 Å². The van der Waals surface area contributed by atoms with Gasteiger partial charge in [-0.1, -0.05) is 18.2 Å². The number of benzene rings is 1. The number of rotatable bonds is 2. The third-order valence-corrected chi connectivity index (χ3v) is 6.79. The van der Waals surface area contributed by atoms with Gasteiger partial charge < -0.3 is 9.64 Å². The van der Waals surface area contributed by atoms with Crippen molar-refractivity contribution in [3.8, 4) is 5.75 Å². The summed E-state index contributed by atoms with van der Waals surface area (Å²) in [6, 6.07) is 8.84. The number of fused-ring (bicyclic) bond motifs is 1. The molecule has 1 aromatic rings. The first-order valence-electron chi connectivity index (χ1n) is 9.62. The molecule has 0 N–H and O–H groups in total. The lowest BCUT2D eigenvalue weighted by Crippen LogP contribution is -2.50. The molecule has 0 bridgehead atoms. The van der Waals surface area contributed by atoms with Gasteiger partial charge in [-0.2, -0.15) is 11.8 Å². The van der Waals surface area contributed by atoms with E-state index in [-0.39, 0.29) is 5.92 Å². The summed E-state index contributed by atoms with van der Waals surface area (Å²) < 4.78 is 5.83. The van der Waals surface area contributed by atoms with Crippen molar-refractivity contribution < 1.29 is 9.53 Å². The average Bonchev–Trinajstić information content (AvgIpc) is 2.91. The summed E-state index contributed by atoms with van der Waals surface area (Å²) in [5.41, 5.74) is 1.18. The second-order valence-electron chi connectivity index (χ2n) is 7.35. The lowest BCUT2D eigenvalue weighted by molar-refractivity contribution is -0.137. The first-order chi connectivity index (χ1) is 12.3. The smallest absolute Gasteiger partial charge is 0.226 e. The van der Waals surface area contributed by atoms with Gasteiger partial charge in [-0.15, -0.1) is 0 Å². The number of carbonyl (C=O) groups is 1. The standard InChI is InChI=1S/C20H28N2O2S/c23-20(17-7-12-24-19-4-2-1-3-16(19)15-17)22-8-5-18(6-9-22)21-10-13-25-14-11-21/h1-4,17-18H,5-15H2/t17-/m1/s1. The van der Waals surface area contributed by atoms with E-state index in [0.717, 1.165) is 44.5 Å². The van der Waals surface area contributed by atoms with Crippen molar-refractivity contribution in [1.29, 1.82) is 0 Å². The molecule has 0 spiro atoms. The van der Waals surface area contributed by atoms with E-state index >= 15 is 0 Å². The lowest BCUT2D eigenvalue weighted by Gasteiger charge is -2.40. The molecule has 1 atom stereocenters. The molecule has 0 radical (unpaired) electrons. The van der Waals surface area contributed by atoms with Gasteiger partial charge in [-0.25, -0.2) is 0 Å². The molecule has 4 rings (SSSR count). The monoisotopic (exact) mass is 360 g/mol. The highest BCUT2D eigenvalue weighted by Crippen LogP contribution is 2.29. The molecule has 3 heterocycles. The van der Waals surface area contributed by atoms with E-state index in [1.165, 1.54) is 30.2 Å². The fraction of sp³-hybridized carbons (Fsp3) is 0.650. The number of ether oxygens (including phenoxy) is 1. The van der Waals surface area contributed by atoms with Crippen molar-refractivity contribution in [3.05, 3.63) is 29.8 Å². The van der Waals surface area contributed by atoms with Crippen LogP contribution in [-0.2, 0) is 11.2 Å². The van der Waals surface area contributed by atoms with Crippen molar-refractivity contribution in [2.75, 3.05) is 44.3 Å². The molecule has 2 fully saturated rings. The van der Waals surface area contributed by atoms with Crippen LogP contribution in [0.1, 0.15) is 24.8 Å². The van der Waals surface area contributed by atoms with E-state index in [2.05, 4.69) is 27.6 Å². The summed E-state index contributed by atoms with van der Waals surface area (Å²) in [6.45, 7) is 4.94. The zero-order chi connectivity index (χ0) is 17.1. The molecule has 0 unspecified atom stereocenters. The SMILES string of the molecule is O=C([C@@H]1CCOc2ccccc2C1)N1CCC(N2CCSCC2)CC1. The molecule has 0 saturated carbocycles. The van der Waals surface area contributed by atoms with Crippen LogP contribution in [0.2, 0.25) is 0 Å². The number of thioether (sulfide) groups is 1. The summed E-state index contributed by atoms with van der Waals surface area (Å²) in [6.07, 6.45) is 3.92. The molecule has 1 aromatic carbocycles. The third-order valence-electron chi connectivity index (χ3n) is 5.85. The zero-order valence-electron chi connectivity index (χ0n) is 14.9. The highest BCUT2D eigenvalue weighted by molar-refractivity contribution is 7.99. The Balaban J connectivity index is 1.34. The van der Waals surface area contributed by atoms with Gasteiger partial charge in [-0.05, 0) is 37.3 Å². The fourth-order valence-corrected chi connectivity index (χ4v) is 5.29. The van der Waals surface area contributed by atoms with Crippen LogP contribution in [0.3, 0.4) is 0 Å². The molecule has 3 aliphatic heterocycles. The van der Waals surface area contributed by atoms with E-state index in [0.29, 0.717) is 18.6 Å². The summed E-state index contributed by atoms with van der Waals surface area (Å²) in [5, 5.41) is 0. The van der Waals surface area contributed by atoms with Crippen LogP contribution in [0.4, 0.5) is 0 Å². The molecular formula is C20H28N2O2S. The van der Waals surface area contributed by atoms with E-state index in [1.54, 1.807) is 0 Å². The Labute approximate surface area is 154 Å². The van der Waals surface area contributed by atoms with Gasteiger partial charge in [0.1, 0.15) is 5.75 Å². The molecule has 25 heavy (non-hydrogen) atoms. The predicted octanol–water partition coefficient (Wildman–Crippen LogP) is 2.67. The maximum absolute atomic E-state index is 13.1. The minimum Gasteiger partial charge on any atom is -0.493 e. The Hall–Kier alpha value is -1.20. The molecule has 2 saturated heterocycles. The average molecular weight is 361 g/mol. The quantitative estimate of drug-likeness (QED) is 0.812. The molecular weight excluding hydrogens is 332 g/mol. The van der Waals surface area contributed by atoms with Crippen molar-refractivity contribution in [3.63, 3.8) is 0 Å². The summed E-state index contributed by atoms with van der Waals surface area (Å²) >= 11 is 2.07. The number of piperidine rings is 1. The minimum atomic E-state index is 0.0755. The summed E-state index contributed by atoms with van der Waals surface area (Å²) in [4.78, 5) is 17.8. The molecule has 1 amide bonds. The maximum atomic E-state index is 13.1. The number of carbonyl (C=O) groups excluding carboxylic acids is 1. The fourth-order valence-electron chi connectivity index (χ4n) is 4.35. The Morgan fingerprint density at radius 3 is 2.60 bits per heavy atom. The predicted molar refractivity (Wildman–Crippen MR) is 102 cm³/mol. The van der Waals surface area contributed by atoms with E-state index < -0.39 is 0 Å². The van der Waals surface area contributed by atoms with Gasteiger partial charge in [0.2, 0.25) is 5.91 Å². The molecule has 0 aromatic heterocycles. The van der Waals surface area contributed by atoms with Gasteiger partial charge in [0.15, 0.2) is 0 Å².